The van der Waals surface area contributed by atoms with Crippen LogP contribution in [0.3, 0.4) is 0 Å². The fourth-order valence-corrected chi connectivity index (χ4v) is 2.45. The van der Waals surface area contributed by atoms with Gasteiger partial charge in [-0.05, 0) is 41.8 Å². The van der Waals surface area contributed by atoms with Gasteiger partial charge in [0.25, 0.3) is 5.91 Å². The van der Waals surface area contributed by atoms with Crippen LogP contribution in [0.2, 0.25) is 0 Å². The van der Waals surface area contributed by atoms with E-state index in [-0.39, 0.29) is 23.5 Å². The lowest BCUT2D eigenvalue weighted by molar-refractivity contribution is 0.0945. The molecule has 29 heavy (non-hydrogen) atoms. The van der Waals surface area contributed by atoms with Crippen LogP contribution < -0.4 is 22.5 Å². The van der Waals surface area contributed by atoms with E-state index in [1.54, 1.807) is 12.1 Å². The Bertz CT molecular complexity index is 963. The number of carbonyl (C=O) groups is 1. The van der Waals surface area contributed by atoms with Crippen molar-refractivity contribution >= 4 is 22.9 Å². The van der Waals surface area contributed by atoms with Crippen LogP contribution in [0.5, 0.6) is 0 Å². The molecule has 0 saturated heterocycles. The van der Waals surface area contributed by atoms with Gasteiger partial charge in [-0.3, -0.25) is 9.79 Å². The number of carbonyl (C=O) groups excluding carboxylic acids is 1. The molecule has 0 aliphatic rings. The van der Waals surface area contributed by atoms with Crippen molar-refractivity contribution in [1.82, 2.24) is 15.3 Å². The maximum Gasteiger partial charge on any atom is 0.287 e. The van der Waals surface area contributed by atoms with Gasteiger partial charge < -0.3 is 27.5 Å². The Morgan fingerprint density at radius 2 is 1.86 bits per heavy atom. The SMILES string of the molecule is CCCN=C(N)N.NCCNC(=O)c1nc2ccc(-c3ccc(F)cc3)cc2[nH]1. The highest BCUT2D eigenvalue weighted by molar-refractivity contribution is 5.94. The number of halogens is 1. The van der Waals surface area contributed by atoms with Crippen LogP contribution in [0, 0.1) is 5.82 Å². The van der Waals surface area contributed by atoms with Crippen LogP contribution in [-0.4, -0.2) is 41.5 Å². The lowest BCUT2D eigenvalue weighted by Crippen LogP contribution is -2.29. The summed E-state index contributed by atoms with van der Waals surface area (Å²) in [4.78, 5) is 22.8. The highest BCUT2D eigenvalue weighted by atomic mass is 19.1. The molecule has 1 aromatic heterocycles. The average Bonchev–Trinajstić information content (AvgIpc) is 3.15. The van der Waals surface area contributed by atoms with Crippen molar-refractivity contribution in [2.75, 3.05) is 19.6 Å². The number of H-pyrrole nitrogens is 1. The second-order valence-corrected chi connectivity index (χ2v) is 6.18. The highest BCUT2D eigenvalue weighted by Gasteiger charge is 2.11. The molecule has 8 nitrogen and oxygen atoms in total. The van der Waals surface area contributed by atoms with Crippen molar-refractivity contribution in [3.8, 4) is 11.1 Å². The third-order valence-corrected chi connectivity index (χ3v) is 3.82. The van der Waals surface area contributed by atoms with Gasteiger partial charge in [0.2, 0.25) is 0 Å². The summed E-state index contributed by atoms with van der Waals surface area (Å²) in [7, 11) is 0. The maximum atomic E-state index is 13.0. The number of hydrogen-bond acceptors (Lipinski definition) is 4. The van der Waals surface area contributed by atoms with Crippen LogP contribution in [0.1, 0.15) is 24.0 Å². The first-order valence-corrected chi connectivity index (χ1v) is 9.24. The number of nitrogens with one attached hydrogen (secondary N) is 2. The summed E-state index contributed by atoms with van der Waals surface area (Å²) in [5, 5.41) is 2.66. The number of aromatic nitrogens is 2. The van der Waals surface area contributed by atoms with Gasteiger partial charge in [0.15, 0.2) is 11.8 Å². The van der Waals surface area contributed by atoms with Gasteiger partial charge in [0.1, 0.15) is 5.82 Å². The van der Waals surface area contributed by atoms with Gasteiger partial charge >= 0.3 is 0 Å². The number of aliphatic imine (C=N–C) groups is 1. The Balaban J connectivity index is 0.000000370. The molecule has 0 unspecified atom stereocenters. The Kier molecular flexibility index (Phi) is 8.11. The molecule has 0 saturated carbocycles. The zero-order chi connectivity index (χ0) is 21.2. The van der Waals surface area contributed by atoms with Gasteiger partial charge in [0, 0.05) is 19.6 Å². The first-order valence-electron chi connectivity index (χ1n) is 9.24. The van der Waals surface area contributed by atoms with Gasteiger partial charge in [-0.15, -0.1) is 0 Å². The minimum atomic E-state index is -0.287. The summed E-state index contributed by atoms with van der Waals surface area (Å²) >= 11 is 0. The summed E-state index contributed by atoms with van der Waals surface area (Å²) in [5.41, 5.74) is 18.6. The lowest BCUT2D eigenvalue weighted by atomic mass is 10.1. The molecule has 0 aliphatic heterocycles. The zero-order valence-electron chi connectivity index (χ0n) is 16.3. The normalized spacial score (nSPS) is 10.2. The first kappa shape index (κ1) is 21.8. The number of hydrogen-bond donors (Lipinski definition) is 5. The lowest BCUT2D eigenvalue weighted by Gasteiger charge is -2.01. The molecule has 0 aliphatic carbocycles. The molecule has 0 spiro atoms. The van der Waals surface area contributed by atoms with E-state index < -0.39 is 0 Å². The molecule has 0 bridgehead atoms. The van der Waals surface area contributed by atoms with Crippen molar-refractivity contribution < 1.29 is 9.18 Å². The van der Waals surface area contributed by atoms with Gasteiger partial charge in [-0.1, -0.05) is 25.1 Å². The van der Waals surface area contributed by atoms with Crippen LogP contribution in [0.25, 0.3) is 22.2 Å². The quantitative estimate of drug-likeness (QED) is 0.316. The molecule has 8 N–H and O–H groups in total. The van der Waals surface area contributed by atoms with Crippen LogP contribution >= 0.6 is 0 Å². The molecule has 1 amide bonds. The summed E-state index contributed by atoms with van der Waals surface area (Å²) < 4.78 is 13.0. The monoisotopic (exact) mass is 399 g/mol. The smallest absolute Gasteiger partial charge is 0.287 e. The number of guanidine groups is 1. The number of imidazole rings is 1. The average molecular weight is 399 g/mol. The van der Waals surface area contributed by atoms with Crippen molar-refractivity contribution in [2.24, 2.45) is 22.2 Å². The molecular formula is C20H26FN7O. The van der Waals surface area contributed by atoms with E-state index >= 15 is 0 Å². The number of fused-ring (bicyclic) bond motifs is 1. The standard InChI is InChI=1S/C16H15FN4O.C4H11N3/c17-12-4-1-10(2-5-12)11-3-6-13-14(9-11)21-15(20-13)16(22)19-8-7-18;1-2-3-7-4(5)6/h1-6,9H,7-8,18H2,(H,19,22)(H,20,21);2-3H2,1H3,(H4,5,6,7). The summed E-state index contributed by atoms with van der Waals surface area (Å²) in [6.07, 6.45) is 0.998. The van der Waals surface area contributed by atoms with Gasteiger partial charge in [0.05, 0.1) is 11.0 Å². The van der Waals surface area contributed by atoms with E-state index in [2.05, 4.69) is 20.3 Å². The van der Waals surface area contributed by atoms with Crippen molar-refractivity contribution in [3.05, 3.63) is 54.1 Å². The zero-order valence-corrected chi connectivity index (χ0v) is 16.3. The Labute approximate surface area is 168 Å². The largest absolute Gasteiger partial charge is 0.370 e. The van der Waals surface area contributed by atoms with E-state index in [1.807, 2.05) is 25.1 Å². The van der Waals surface area contributed by atoms with Crippen molar-refractivity contribution in [2.45, 2.75) is 13.3 Å². The topological polar surface area (TPSA) is 148 Å². The number of rotatable bonds is 6. The second kappa shape index (κ2) is 10.8. The number of amides is 1. The van der Waals surface area contributed by atoms with E-state index in [0.29, 0.717) is 18.6 Å². The van der Waals surface area contributed by atoms with Crippen LogP contribution in [0.4, 0.5) is 4.39 Å². The van der Waals surface area contributed by atoms with Crippen molar-refractivity contribution in [1.29, 1.82) is 0 Å². The maximum absolute atomic E-state index is 13.0. The fourth-order valence-electron chi connectivity index (χ4n) is 2.45. The molecular weight excluding hydrogens is 373 g/mol. The number of nitrogens with zero attached hydrogens (tertiary/aromatic N) is 2. The van der Waals surface area contributed by atoms with Gasteiger partial charge in [-0.25, -0.2) is 9.37 Å². The van der Waals surface area contributed by atoms with E-state index in [1.165, 1.54) is 12.1 Å². The Morgan fingerprint density at radius 3 is 2.45 bits per heavy atom. The predicted octanol–water partition coefficient (Wildman–Crippen LogP) is 1.73. The van der Waals surface area contributed by atoms with Crippen molar-refractivity contribution in [3.63, 3.8) is 0 Å². The fraction of sp³-hybridized carbons (Fsp3) is 0.250. The molecule has 9 heteroatoms. The van der Waals surface area contributed by atoms with E-state index in [0.717, 1.165) is 29.6 Å². The molecule has 3 aromatic rings. The highest BCUT2D eigenvalue weighted by Crippen LogP contribution is 2.23. The molecule has 1 heterocycles. The third-order valence-electron chi connectivity index (χ3n) is 3.82. The Hall–Kier alpha value is -3.46. The molecule has 0 fully saturated rings. The number of nitrogens with two attached hydrogens (primary N) is 3. The Morgan fingerprint density at radius 1 is 1.17 bits per heavy atom. The van der Waals surface area contributed by atoms with E-state index in [9.17, 15) is 9.18 Å². The second-order valence-electron chi connectivity index (χ2n) is 6.18. The summed E-state index contributed by atoms with van der Waals surface area (Å²) in [5.74, 6) is -0.128. The number of benzene rings is 2. The molecule has 2 aromatic carbocycles. The minimum Gasteiger partial charge on any atom is -0.370 e. The summed E-state index contributed by atoms with van der Waals surface area (Å²) in [6.45, 7) is 3.53. The molecule has 0 atom stereocenters. The number of aromatic amines is 1. The van der Waals surface area contributed by atoms with Crippen LogP contribution in [0.15, 0.2) is 47.5 Å². The minimum absolute atomic E-state index is 0.182. The third kappa shape index (κ3) is 6.58. The van der Waals surface area contributed by atoms with Crippen LogP contribution in [-0.2, 0) is 0 Å². The molecule has 154 valence electrons. The molecule has 0 radical (unpaired) electrons. The summed E-state index contributed by atoms with van der Waals surface area (Å²) in [6, 6.07) is 11.8. The first-order chi connectivity index (χ1) is 13.9. The molecule has 3 rings (SSSR count). The predicted molar refractivity (Wildman–Crippen MR) is 114 cm³/mol. The van der Waals surface area contributed by atoms with E-state index in [4.69, 9.17) is 17.2 Å². The van der Waals surface area contributed by atoms with Gasteiger partial charge in [-0.2, -0.15) is 0 Å².